The average Bonchev–Trinajstić information content (AvgIpc) is 3.07. The van der Waals surface area contributed by atoms with Gasteiger partial charge in [0.05, 0.1) is 18.0 Å². The highest BCUT2D eigenvalue weighted by Crippen LogP contribution is 2.33. The average molecular weight is 392 g/mol. The monoisotopic (exact) mass is 392 g/mol. The van der Waals surface area contributed by atoms with Crippen LogP contribution in [0.3, 0.4) is 0 Å². The fraction of sp³-hybridized carbons (Fsp3) is 0.300. The molecule has 28 heavy (non-hydrogen) atoms. The molecule has 8 heteroatoms. The molecule has 148 valence electrons. The van der Waals surface area contributed by atoms with Crippen LogP contribution < -0.4 is 15.0 Å². The number of ether oxygens (including phenoxy) is 1. The van der Waals surface area contributed by atoms with E-state index < -0.39 is 17.7 Å². The van der Waals surface area contributed by atoms with E-state index in [9.17, 15) is 22.8 Å². The van der Waals surface area contributed by atoms with E-state index in [-0.39, 0.29) is 43.6 Å². The van der Waals surface area contributed by atoms with Gasteiger partial charge in [-0.2, -0.15) is 13.2 Å². The lowest BCUT2D eigenvalue weighted by molar-refractivity contribution is -0.137. The zero-order chi connectivity index (χ0) is 20.1. The van der Waals surface area contributed by atoms with Gasteiger partial charge in [-0.1, -0.05) is 24.3 Å². The van der Waals surface area contributed by atoms with Crippen LogP contribution in [0.1, 0.15) is 12.0 Å². The summed E-state index contributed by atoms with van der Waals surface area (Å²) in [6.45, 7) is 0.585. The number of amides is 2. The first kappa shape index (κ1) is 19.7. The van der Waals surface area contributed by atoms with Crippen molar-refractivity contribution in [3.63, 3.8) is 0 Å². The summed E-state index contributed by atoms with van der Waals surface area (Å²) in [6, 6.07) is 13.7. The molecule has 0 aliphatic carbocycles. The Balaban J connectivity index is 1.53. The second kappa shape index (κ2) is 8.33. The molecule has 2 amide bonds. The number of carbonyl (C=O) groups excluding carboxylic acids is 2. The van der Waals surface area contributed by atoms with Crippen molar-refractivity contribution in [1.82, 2.24) is 5.32 Å². The first-order chi connectivity index (χ1) is 13.3. The van der Waals surface area contributed by atoms with Crippen LogP contribution >= 0.6 is 0 Å². The minimum absolute atomic E-state index is 0.0401. The second-order valence-electron chi connectivity index (χ2n) is 6.41. The molecule has 1 aliphatic rings. The largest absolute Gasteiger partial charge is 0.492 e. The lowest BCUT2D eigenvalue weighted by Gasteiger charge is -2.18. The van der Waals surface area contributed by atoms with Gasteiger partial charge >= 0.3 is 6.18 Å². The van der Waals surface area contributed by atoms with Gasteiger partial charge in [-0.3, -0.25) is 9.59 Å². The maximum absolute atomic E-state index is 12.9. The third-order valence-corrected chi connectivity index (χ3v) is 4.39. The maximum Gasteiger partial charge on any atom is 0.416 e. The van der Waals surface area contributed by atoms with E-state index in [1.807, 2.05) is 18.2 Å². The van der Waals surface area contributed by atoms with E-state index in [1.165, 1.54) is 17.0 Å². The van der Waals surface area contributed by atoms with Crippen molar-refractivity contribution in [2.45, 2.75) is 12.6 Å². The van der Waals surface area contributed by atoms with Gasteiger partial charge in [-0.25, -0.2) is 0 Å². The van der Waals surface area contributed by atoms with Crippen molar-refractivity contribution in [2.24, 2.45) is 5.92 Å². The minimum atomic E-state index is -4.49. The summed E-state index contributed by atoms with van der Waals surface area (Å²) in [5.74, 6) is -0.623. The first-order valence-corrected chi connectivity index (χ1v) is 8.78. The van der Waals surface area contributed by atoms with Crippen molar-refractivity contribution >= 4 is 17.5 Å². The summed E-state index contributed by atoms with van der Waals surface area (Å²) >= 11 is 0. The number of hydrogen-bond acceptors (Lipinski definition) is 3. The Kier molecular flexibility index (Phi) is 5.87. The molecule has 3 rings (SSSR count). The Morgan fingerprint density at radius 2 is 1.89 bits per heavy atom. The number of alkyl halides is 3. The van der Waals surface area contributed by atoms with Gasteiger partial charge in [0.25, 0.3) is 0 Å². The highest BCUT2D eigenvalue weighted by molar-refractivity contribution is 6.00. The summed E-state index contributed by atoms with van der Waals surface area (Å²) < 4.78 is 44.1. The van der Waals surface area contributed by atoms with Crippen LogP contribution in [0.25, 0.3) is 0 Å². The molecule has 0 spiro atoms. The molecule has 0 saturated carbocycles. The van der Waals surface area contributed by atoms with Crippen molar-refractivity contribution < 1.29 is 27.5 Å². The predicted molar refractivity (Wildman–Crippen MR) is 96.9 cm³/mol. The van der Waals surface area contributed by atoms with Crippen LogP contribution in [0.2, 0.25) is 0 Å². The molecule has 0 radical (unpaired) electrons. The number of para-hydroxylation sites is 1. The number of carbonyl (C=O) groups is 2. The normalized spacial score (nSPS) is 16.9. The van der Waals surface area contributed by atoms with Gasteiger partial charge in [0, 0.05) is 18.7 Å². The number of hydrogen-bond donors (Lipinski definition) is 1. The highest BCUT2D eigenvalue weighted by atomic mass is 19.4. The number of anilines is 1. The zero-order valence-corrected chi connectivity index (χ0v) is 14.9. The number of benzene rings is 2. The third kappa shape index (κ3) is 4.82. The summed E-state index contributed by atoms with van der Waals surface area (Å²) in [4.78, 5) is 25.7. The van der Waals surface area contributed by atoms with E-state index in [0.29, 0.717) is 5.75 Å². The minimum Gasteiger partial charge on any atom is -0.492 e. The molecule has 2 aromatic rings. The molecule has 1 unspecified atom stereocenters. The third-order valence-electron chi connectivity index (χ3n) is 4.39. The Bertz CT molecular complexity index is 840. The fourth-order valence-electron chi connectivity index (χ4n) is 2.99. The Hall–Kier alpha value is -3.03. The van der Waals surface area contributed by atoms with Crippen LogP contribution in [-0.2, 0) is 15.8 Å². The topological polar surface area (TPSA) is 58.6 Å². The van der Waals surface area contributed by atoms with Gasteiger partial charge in [0.2, 0.25) is 11.8 Å². The molecule has 1 heterocycles. The number of nitrogens with one attached hydrogen (secondary N) is 1. The van der Waals surface area contributed by atoms with E-state index in [2.05, 4.69) is 5.32 Å². The maximum atomic E-state index is 12.9. The van der Waals surface area contributed by atoms with Crippen LogP contribution in [-0.4, -0.2) is 31.5 Å². The molecule has 2 aromatic carbocycles. The molecule has 1 fully saturated rings. The number of nitrogens with zero attached hydrogens (tertiary/aromatic N) is 1. The summed E-state index contributed by atoms with van der Waals surface area (Å²) in [6.07, 6.45) is -4.53. The first-order valence-electron chi connectivity index (χ1n) is 8.78. The van der Waals surface area contributed by atoms with Crippen LogP contribution in [0.4, 0.5) is 18.9 Å². The van der Waals surface area contributed by atoms with Crippen LogP contribution in [0.15, 0.2) is 54.6 Å². The predicted octanol–water partition coefficient (Wildman–Crippen LogP) is 3.25. The van der Waals surface area contributed by atoms with Crippen molar-refractivity contribution in [1.29, 1.82) is 0 Å². The summed E-state index contributed by atoms with van der Waals surface area (Å²) in [5.41, 5.74) is -0.689. The van der Waals surface area contributed by atoms with Gasteiger partial charge in [0.15, 0.2) is 0 Å². The Morgan fingerprint density at radius 3 is 2.61 bits per heavy atom. The number of halogens is 3. The summed E-state index contributed by atoms with van der Waals surface area (Å²) in [7, 11) is 0. The Morgan fingerprint density at radius 1 is 1.14 bits per heavy atom. The van der Waals surface area contributed by atoms with Gasteiger partial charge in [-0.05, 0) is 30.3 Å². The molecule has 5 nitrogen and oxygen atoms in total. The molecule has 1 saturated heterocycles. The molecule has 1 aliphatic heterocycles. The van der Waals surface area contributed by atoms with Gasteiger partial charge in [-0.15, -0.1) is 0 Å². The lowest BCUT2D eigenvalue weighted by atomic mass is 10.1. The smallest absolute Gasteiger partial charge is 0.416 e. The van der Waals surface area contributed by atoms with Gasteiger partial charge < -0.3 is 15.0 Å². The highest BCUT2D eigenvalue weighted by Gasteiger charge is 2.36. The fourth-order valence-corrected chi connectivity index (χ4v) is 2.99. The van der Waals surface area contributed by atoms with E-state index in [4.69, 9.17) is 4.74 Å². The van der Waals surface area contributed by atoms with Crippen molar-refractivity contribution in [3.05, 3.63) is 60.2 Å². The quantitative estimate of drug-likeness (QED) is 0.768. The van der Waals surface area contributed by atoms with E-state index in [1.54, 1.807) is 12.1 Å². The lowest BCUT2D eigenvalue weighted by Crippen LogP contribution is -2.35. The molecule has 1 atom stereocenters. The standard InChI is InChI=1S/C20H19F3N2O3/c21-20(22,23)15-5-4-6-16(12-15)25-13-14(11-18(25)26)19(27)24-9-10-28-17-7-2-1-3-8-17/h1-8,12,14H,9-11,13H2,(H,24,27). The molecular formula is C20H19F3N2O3. The van der Waals surface area contributed by atoms with Gasteiger partial charge in [0.1, 0.15) is 12.4 Å². The number of rotatable bonds is 6. The van der Waals surface area contributed by atoms with Crippen molar-refractivity contribution in [3.8, 4) is 5.75 Å². The molecule has 0 bridgehead atoms. The summed E-state index contributed by atoms with van der Waals surface area (Å²) in [5, 5.41) is 2.70. The van der Waals surface area contributed by atoms with E-state index in [0.717, 1.165) is 12.1 Å². The van der Waals surface area contributed by atoms with Crippen LogP contribution in [0, 0.1) is 5.92 Å². The molecular weight excluding hydrogens is 373 g/mol. The zero-order valence-electron chi connectivity index (χ0n) is 14.9. The molecule has 0 aromatic heterocycles. The Labute approximate surface area is 160 Å². The van der Waals surface area contributed by atoms with Crippen LogP contribution in [0.5, 0.6) is 5.75 Å². The van der Waals surface area contributed by atoms with Crippen molar-refractivity contribution in [2.75, 3.05) is 24.6 Å². The SMILES string of the molecule is O=C(NCCOc1ccccc1)C1CC(=O)N(c2cccc(C(F)(F)F)c2)C1. The van der Waals surface area contributed by atoms with E-state index >= 15 is 0 Å². The molecule has 1 N–H and O–H groups in total. The second-order valence-corrected chi connectivity index (χ2v) is 6.41.